The van der Waals surface area contributed by atoms with Crippen LogP contribution in [0.1, 0.15) is 43.9 Å². The van der Waals surface area contributed by atoms with E-state index in [2.05, 4.69) is 16.0 Å². The number of rotatable bonds is 2. The SMILES string of the molecule is OC(C1=CCCCCC1)c1cnccn1. The molecule has 1 N–H and O–H groups in total. The van der Waals surface area contributed by atoms with Gasteiger partial charge >= 0.3 is 0 Å². The summed E-state index contributed by atoms with van der Waals surface area (Å²) in [6, 6.07) is 0. The van der Waals surface area contributed by atoms with Crippen molar-refractivity contribution in [3.05, 3.63) is 35.9 Å². The Morgan fingerprint density at radius 3 is 2.93 bits per heavy atom. The normalized spacial score (nSPS) is 19.1. The molecule has 3 heteroatoms. The lowest BCUT2D eigenvalue weighted by Gasteiger charge is -2.12. The van der Waals surface area contributed by atoms with Gasteiger partial charge in [-0.25, -0.2) is 0 Å². The molecule has 1 unspecified atom stereocenters. The van der Waals surface area contributed by atoms with E-state index in [1.54, 1.807) is 18.6 Å². The summed E-state index contributed by atoms with van der Waals surface area (Å²) >= 11 is 0. The van der Waals surface area contributed by atoms with Crippen molar-refractivity contribution in [1.82, 2.24) is 9.97 Å². The van der Waals surface area contributed by atoms with Gasteiger partial charge in [0.15, 0.2) is 0 Å². The second kappa shape index (κ2) is 5.03. The highest BCUT2D eigenvalue weighted by atomic mass is 16.3. The van der Waals surface area contributed by atoms with Crippen molar-refractivity contribution in [3.63, 3.8) is 0 Å². The van der Waals surface area contributed by atoms with Crippen LogP contribution in [-0.4, -0.2) is 15.1 Å². The lowest BCUT2D eigenvalue weighted by molar-refractivity contribution is 0.205. The zero-order valence-corrected chi connectivity index (χ0v) is 8.76. The van der Waals surface area contributed by atoms with Gasteiger partial charge in [0.05, 0.1) is 11.9 Å². The van der Waals surface area contributed by atoms with E-state index >= 15 is 0 Å². The van der Waals surface area contributed by atoms with Crippen LogP contribution in [0.4, 0.5) is 0 Å². The predicted octanol–water partition coefficient (Wildman–Crippen LogP) is 2.40. The molecule has 0 amide bonds. The second-order valence-electron chi connectivity index (χ2n) is 3.91. The topological polar surface area (TPSA) is 46.0 Å². The first-order valence-corrected chi connectivity index (χ1v) is 5.51. The van der Waals surface area contributed by atoms with Crippen molar-refractivity contribution >= 4 is 0 Å². The first kappa shape index (κ1) is 10.3. The Morgan fingerprint density at radius 1 is 1.20 bits per heavy atom. The Morgan fingerprint density at radius 2 is 2.13 bits per heavy atom. The maximum Gasteiger partial charge on any atom is 0.119 e. The number of hydrogen-bond donors (Lipinski definition) is 1. The summed E-state index contributed by atoms with van der Waals surface area (Å²) in [5.41, 5.74) is 1.76. The third kappa shape index (κ3) is 2.63. The molecule has 1 aliphatic carbocycles. The van der Waals surface area contributed by atoms with Gasteiger partial charge < -0.3 is 5.11 Å². The van der Waals surface area contributed by atoms with Crippen molar-refractivity contribution in [2.45, 2.75) is 38.2 Å². The summed E-state index contributed by atoms with van der Waals surface area (Å²) in [7, 11) is 0. The minimum Gasteiger partial charge on any atom is -0.382 e. The average molecular weight is 204 g/mol. The van der Waals surface area contributed by atoms with Gasteiger partial charge in [-0.05, 0) is 31.3 Å². The van der Waals surface area contributed by atoms with Crippen LogP contribution in [0.25, 0.3) is 0 Å². The molecular formula is C12H16N2O. The van der Waals surface area contributed by atoms with Gasteiger partial charge in [-0.3, -0.25) is 9.97 Å². The minimum atomic E-state index is -0.559. The van der Waals surface area contributed by atoms with E-state index in [-0.39, 0.29) is 0 Å². The molecule has 0 fully saturated rings. The summed E-state index contributed by atoms with van der Waals surface area (Å²) in [5.74, 6) is 0. The summed E-state index contributed by atoms with van der Waals surface area (Å²) < 4.78 is 0. The van der Waals surface area contributed by atoms with Crippen molar-refractivity contribution in [3.8, 4) is 0 Å². The number of aliphatic hydroxyl groups is 1. The fourth-order valence-corrected chi connectivity index (χ4v) is 1.93. The van der Waals surface area contributed by atoms with Gasteiger partial charge in [-0.2, -0.15) is 0 Å². The summed E-state index contributed by atoms with van der Waals surface area (Å²) in [6.45, 7) is 0. The molecule has 2 rings (SSSR count). The van der Waals surface area contributed by atoms with Crippen LogP contribution in [0.15, 0.2) is 30.2 Å². The Labute approximate surface area is 89.9 Å². The molecule has 0 bridgehead atoms. The fraction of sp³-hybridized carbons (Fsp3) is 0.500. The lowest BCUT2D eigenvalue weighted by Crippen LogP contribution is -2.04. The smallest absolute Gasteiger partial charge is 0.119 e. The summed E-state index contributed by atoms with van der Waals surface area (Å²) in [4.78, 5) is 8.11. The fourth-order valence-electron chi connectivity index (χ4n) is 1.93. The largest absolute Gasteiger partial charge is 0.382 e. The van der Waals surface area contributed by atoms with E-state index < -0.39 is 6.10 Å². The molecule has 1 heterocycles. The van der Waals surface area contributed by atoms with E-state index in [1.165, 1.54) is 19.3 Å². The van der Waals surface area contributed by atoms with E-state index in [0.717, 1.165) is 18.4 Å². The van der Waals surface area contributed by atoms with Crippen LogP contribution in [0.3, 0.4) is 0 Å². The lowest BCUT2D eigenvalue weighted by atomic mass is 10.0. The third-order valence-electron chi connectivity index (χ3n) is 2.79. The van der Waals surface area contributed by atoms with Crippen molar-refractivity contribution in [2.24, 2.45) is 0 Å². The molecule has 3 nitrogen and oxygen atoms in total. The molecule has 1 aromatic rings. The number of aromatic nitrogens is 2. The van der Waals surface area contributed by atoms with Crippen LogP contribution >= 0.6 is 0 Å². The van der Waals surface area contributed by atoms with E-state index in [4.69, 9.17) is 0 Å². The van der Waals surface area contributed by atoms with Gasteiger partial charge in [-0.1, -0.05) is 12.5 Å². The molecule has 1 aliphatic rings. The van der Waals surface area contributed by atoms with Crippen molar-refractivity contribution in [1.29, 1.82) is 0 Å². The predicted molar refractivity (Wildman–Crippen MR) is 58.2 cm³/mol. The van der Waals surface area contributed by atoms with Crippen molar-refractivity contribution < 1.29 is 5.11 Å². The van der Waals surface area contributed by atoms with Crippen LogP contribution < -0.4 is 0 Å². The summed E-state index contributed by atoms with van der Waals surface area (Å²) in [5, 5.41) is 10.1. The second-order valence-corrected chi connectivity index (χ2v) is 3.91. The standard InChI is InChI=1S/C12H16N2O/c15-12(11-9-13-7-8-14-11)10-5-3-1-2-4-6-10/h5,7-9,12,15H,1-4,6H2. The zero-order chi connectivity index (χ0) is 10.5. The Bertz CT molecular complexity index is 335. The molecule has 0 saturated heterocycles. The number of hydrogen-bond acceptors (Lipinski definition) is 3. The van der Waals surface area contributed by atoms with E-state index in [9.17, 15) is 5.11 Å². The minimum absolute atomic E-state index is 0.559. The molecule has 15 heavy (non-hydrogen) atoms. The summed E-state index contributed by atoms with van der Waals surface area (Å²) in [6.07, 6.45) is 12.2. The molecule has 0 saturated carbocycles. The monoisotopic (exact) mass is 204 g/mol. The first-order chi connectivity index (χ1) is 7.38. The number of allylic oxidation sites excluding steroid dienone is 1. The van der Waals surface area contributed by atoms with Gasteiger partial charge in [0.1, 0.15) is 6.10 Å². The molecule has 1 aromatic heterocycles. The Balaban J connectivity index is 2.13. The Hall–Kier alpha value is -1.22. The van der Waals surface area contributed by atoms with E-state index in [1.807, 2.05) is 0 Å². The van der Waals surface area contributed by atoms with E-state index in [0.29, 0.717) is 5.69 Å². The maximum absolute atomic E-state index is 10.1. The first-order valence-electron chi connectivity index (χ1n) is 5.51. The molecule has 0 aliphatic heterocycles. The highest BCUT2D eigenvalue weighted by Crippen LogP contribution is 2.27. The van der Waals surface area contributed by atoms with Crippen LogP contribution in [-0.2, 0) is 0 Å². The Kier molecular flexibility index (Phi) is 3.45. The molecule has 0 spiro atoms. The zero-order valence-electron chi connectivity index (χ0n) is 8.76. The molecular weight excluding hydrogens is 188 g/mol. The highest BCUT2D eigenvalue weighted by Gasteiger charge is 2.15. The van der Waals surface area contributed by atoms with Gasteiger partial charge in [0.25, 0.3) is 0 Å². The quantitative estimate of drug-likeness (QED) is 0.752. The number of aliphatic hydroxyl groups excluding tert-OH is 1. The van der Waals surface area contributed by atoms with Crippen LogP contribution in [0.2, 0.25) is 0 Å². The molecule has 0 aromatic carbocycles. The maximum atomic E-state index is 10.1. The van der Waals surface area contributed by atoms with Crippen LogP contribution in [0.5, 0.6) is 0 Å². The molecule has 80 valence electrons. The van der Waals surface area contributed by atoms with Gasteiger partial charge in [0.2, 0.25) is 0 Å². The van der Waals surface area contributed by atoms with Gasteiger partial charge in [-0.15, -0.1) is 0 Å². The molecule has 0 radical (unpaired) electrons. The third-order valence-corrected chi connectivity index (χ3v) is 2.79. The van der Waals surface area contributed by atoms with Crippen LogP contribution in [0, 0.1) is 0 Å². The molecule has 1 atom stereocenters. The highest BCUT2D eigenvalue weighted by molar-refractivity contribution is 5.18. The van der Waals surface area contributed by atoms with Crippen molar-refractivity contribution in [2.75, 3.05) is 0 Å². The number of nitrogens with zero attached hydrogens (tertiary/aromatic N) is 2. The van der Waals surface area contributed by atoms with Gasteiger partial charge in [0, 0.05) is 12.4 Å². The average Bonchev–Trinajstić information content (AvgIpc) is 2.58.